The highest BCUT2D eigenvalue weighted by molar-refractivity contribution is 5.50. The van der Waals surface area contributed by atoms with Gasteiger partial charge < -0.3 is 9.84 Å². The van der Waals surface area contributed by atoms with Crippen molar-refractivity contribution in [3.63, 3.8) is 0 Å². The van der Waals surface area contributed by atoms with Gasteiger partial charge >= 0.3 is 0 Å². The Balaban J connectivity index is 2.28. The van der Waals surface area contributed by atoms with Gasteiger partial charge in [-0.15, -0.1) is 0 Å². The SMILES string of the molecule is N#Cc1ccc(Oc2ccc(O)cc2)cc1C#N. The van der Waals surface area contributed by atoms with E-state index in [0.717, 1.165) is 0 Å². The molecule has 0 spiro atoms. The first-order valence-electron chi connectivity index (χ1n) is 5.14. The van der Waals surface area contributed by atoms with Crippen molar-refractivity contribution in [3.05, 3.63) is 53.6 Å². The molecule has 0 atom stereocenters. The molecule has 0 amide bonds. The average Bonchev–Trinajstić information content (AvgIpc) is 2.41. The molecule has 0 aliphatic heterocycles. The highest BCUT2D eigenvalue weighted by atomic mass is 16.5. The van der Waals surface area contributed by atoms with E-state index in [2.05, 4.69) is 0 Å². The van der Waals surface area contributed by atoms with Crippen LogP contribution in [0.2, 0.25) is 0 Å². The number of nitrogens with zero attached hydrogens (tertiary/aromatic N) is 2. The zero-order chi connectivity index (χ0) is 13.0. The predicted molar refractivity (Wildman–Crippen MR) is 64.1 cm³/mol. The second kappa shape index (κ2) is 4.90. The molecule has 0 saturated carbocycles. The highest BCUT2D eigenvalue weighted by Gasteiger charge is 2.04. The Morgan fingerprint density at radius 1 is 0.833 bits per heavy atom. The first kappa shape index (κ1) is 11.5. The van der Waals surface area contributed by atoms with Crippen LogP contribution in [0, 0.1) is 22.7 Å². The van der Waals surface area contributed by atoms with Gasteiger partial charge in [0.25, 0.3) is 0 Å². The van der Waals surface area contributed by atoms with Crippen molar-refractivity contribution in [1.29, 1.82) is 10.5 Å². The number of rotatable bonds is 2. The van der Waals surface area contributed by atoms with E-state index in [1.807, 2.05) is 12.1 Å². The summed E-state index contributed by atoms with van der Waals surface area (Å²) in [5.74, 6) is 1.16. The molecule has 0 fully saturated rings. The molecule has 0 bridgehead atoms. The normalized spacial score (nSPS) is 9.22. The summed E-state index contributed by atoms with van der Waals surface area (Å²) >= 11 is 0. The third kappa shape index (κ3) is 2.40. The van der Waals surface area contributed by atoms with Crippen LogP contribution >= 0.6 is 0 Å². The molecular formula is C14H8N2O2. The summed E-state index contributed by atoms with van der Waals surface area (Å²) in [5, 5.41) is 26.8. The van der Waals surface area contributed by atoms with E-state index in [4.69, 9.17) is 20.4 Å². The van der Waals surface area contributed by atoms with Crippen molar-refractivity contribution in [1.82, 2.24) is 0 Å². The van der Waals surface area contributed by atoms with Crippen LogP contribution in [0.4, 0.5) is 0 Å². The second-order valence-electron chi connectivity index (χ2n) is 3.53. The lowest BCUT2D eigenvalue weighted by Crippen LogP contribution is -1.88. The first-order valence-corrected chi connectivity index (χ1v) is 5.14. The second-order valence-corrected chi connectivity index (χ2v) is 3.53. The number of nitriles is 2. The topological polar surface area (TPSA) is 77.0 Å². The van der Waals surface area contributed by atoms with E-state index >= 15 is 0 Å². The fraction of sp³-hybridized carbons (Fsp3) is 0. The van der Waals surface area contributed by atoms with Crippen molar-refractivity contribution < 1.29 is 9.84 Å². The lowest BCUT2D eigenvalue weighted by molar-refractivity contribution is 0.464. The van der Waals surface area contributed by atoms with Crippen LogP contribution in [0.3, 0.4) is 0 Å². The molecule has 0 heterocycles. The maximum Gasteiger partial charge on any atom is 0.128 e. The van der Waals surface area contributed by atoms with Crippen LogP contribution in [0.15, 0.2) is 42.5 Å². The van der Waals surface area contributed by atoms with Crippen molar-refractivity contribution >= 4 is 0 Å². The van der Waals surface area contributed by atoms with Gasteiger partial charge in [0.15, 0.2) is 0 Å². The van der Waals surface area contributed by atoms with E-state index in [9.17, 15) is 0 Å². The maximum absolute atomic E-state index is 9.14. The molecule has 1 N–H and O–H groups in total. The Labute approximate surface area is 104 Å². The molecule has 0 radical (unpaired) electrons. The molecule has 2 aromatic carbocycles. The molecule has 0 aliphatic rings. The quantitative estimate of drug-likeness (QED) is 0.869. The Hall–Kier alpha value is -2.98. The first-order chi connectivity index (χ1) is 8.72. The number of phenols is 1. The smallest absolute Gasteiger partial charge is 0.128 e. The summed E-state index contributed by atoms with van der Waals surface area (Å²) in [6.45, 7) is 0. The van der Waals surface area contributed by atoms with Crippen molar-refractivity contribution in [2.75, 3.05) is 0 Å². The minimum atomic E-state index is 0.153. The maximum atomic E-state index is 9.14. The summed E-state index contributed by atoms with van der Waals surface area (Å²) in [5.41, 5.74) is 0.587. The Morgan fingerprint density at radius 2 is 1.44 bits per heavy atom. The number of ether oxygens (including phenoxy) is 1. The van der Waals surface area contributed by atoms with Gasteiger partial charge in [-0.2, -0.15) is 10.5 Å². The molecule has 0 saturated heterocycles. The molecule has 0 aromatic heterocycles. The zero-order valence-corrected chi connectivity index (χ0v) is 9.29. The molecule has 0 aliphatic carbocycles. The van der Waals surface area contributed by atoms with Crippen molar-refractivity contribution in [2.24, 2.45) is 0 Å². The molecule has 18 heavy (non-hydrogen) atoms. The standard InChI is InChI=1S/C14H8N2O2/c15-8-10-1-4-14(7-11(10)9-16)18-13-5-2-12(17)3-6-13/h1-7,17H. The van der Waals surface area contributed by atoms with E-state index in [1.165, 1.54) is 24.3 Å². The molecule has 4 nitrogen and oxygen atoms in total. The van der Waals surface area contributed by atoms with Gasteiger partial charge in [-0.1, -0.05) is 0 Å². The summed E-state index contributed by atoms with van der Waals surface area (Å²) in [7, 11) is 0. The van der Waals surface area contributed by atoms with Gasteiger partial charge in [0, 0.05) is 0 Å². The van der Waals surface area contributed by atoms with Crippen LogP contribution in [-0.4, -0.2) is 5.11 Å². The van der Waals surface area contributed by atoms with Gasteiger partial charge in [-0.05, 0) is 42.5 Å². The number of aromatic hydroxyl groups is 1. The summed E-state index contributed by atoms with van der Waals surface area (Å²) in [4.78, 5) is 0. The predicted octanol–water partition coefficient (Wildman–Crippen LogP) is 2.93. The molecule has 2 rings (SSSR count). The van der Waals surface area contributed by atoms with Crippen molar-refractivity contribution in [3.8, 4) is 29.4 Å². The summed E-state index contributed by atoms with van der Waals surface area (Å²) in [6.07, 6.45) is 0. The zero-order valence-electron chi connectivity index (χ0n) is 9.29. The largest absolute Gasteiger partial charge is 0.508 e. The summed E-state index contributed by atoms with van der Waals surface area (Å²) in [6, 6.07) is 14.8. The number of benzene rings is 2. The third-order valence-electron chi connectivity index (χ3n) is 2.30. The highest BCUT2D eigenvalue weighted by Crippen LogP contribution is 2.25. The fourth-order valence-corrected chi connectivity index (χ4v) is 1.43. The third-order valence-corrected chi connectivity index (χ3v) is 2.30. The molecule has 86 valence electrons. The monoisotopic (exact) mass is 236 g/mol. The van der Waals surface area contributed by atoms with Gasteiger partial charge in [0.1, 0.15) is 29.4 Å². The van der Waals surface area contributed by atoms with Crippen LogP contribution in [0.5, 0.6) is 17.2 Å². The van der Waals surface area contributed by atoms with Crippen LogP contribution in [-0.2, 0) is 0 Å². The molecular weight excluding hydrogens is 228 g/mol. The number of phenolic OH excluding ortho intramolecular Hbond substituents is 1. The van der Waals surface area contributed by atoms with Gasteiger partial charge in [-0.3, -0.25) is 0 Å². The summed E-state index contributed by atoms with van der Waals surface area (Å²) < 4.78 is 5.50. The minimum Gasteiger partial charge on any atom is -0.508 e. The molecule has 0 unspecified atom stereocenters. The van der Waals surface area contributed by atoms with Crippen LogP contribution < -0.4 is 4.74 Å². The van der Waals surface area contributed by atoms with E-state index in [1.54, 1.807) is 18.2 Å². The number of hydrogen-bond donors (Lipinski definition) is 1. The Morgan fingerprint density at radius 3 is 2.06 bits per heavy atom. The molecule has 2 aromatic rings. The minimum absolute atomic E-state index is 0.153. The van der Waals surface area contributed by atoms with Gasteiger partial charge in [-0.25, -0.2) is 0 Å². The number of hydrogen-bond acceptors (Lipinski definition) is 4. The van der Waals surface area contributed by atoms with E-state index < -0.39 is 0 Å². The van der Waals surface area contributed by atoms with E-state index in [0.29, 0.717) is 17.1 Å². The van der Waals surface area contributed by atoms with E-state index in [-0.39, 0.29) is 11.3 Å². The van der Waals surface area contributed by atoms with Crippen LogP contribution in [0.1, 0.15) is 11.1 Å². The Bertz CT molecular complexity index is 649. The van der Waals surface area contributed by atoms with Crippen LogP contribution in [0.25, 0.3) is 0 Å². The average molecular weight is 236 g/mol. The molecule has 4 heteroatoms. The van der Waals surface area contributed by atoms with Crippen molar-refractivity contribution in [2.45, 2.75) is 0 Å². The Kier molecular flexibility index (Phi) is 3.13. The lowest BCUT2D eigenvalue weighted by atomic mass is 10.1. The fourth-order valence-electron chi connectivity index (χ4n) is 1.43. The van der Waals surface area contributed by atoms with Gasteiger partial charge in [0.2, 0.25) is 0 Å². The van der Waals surface area contributed by atoms with Gasteiger partial charge in [0.05, 0.1) is 11.1 Å². The lowest BCUT2D eigenvalue weighted by Gasteiger charge is -2.06.